The van der Waals surface area contributed by atoms with Crippen molar-refractivity contribution in [2.45, 2.75) is 0 Å². The molecule has 96 valence electrons. The molecule has 0 saturated heterocycles. The third-order valence-corrected chi connectivity index (χ3v) is 2.54. The van der Waals surface area contributed by atoms with Crippen molar-refractivity contribution >= 4 is 11.7 Å². The molecule has 0 atom stereocenters. The van der Waals surface area contributed by atoms with Crippen LogP contribution in [0.3, 0.4) is 0 Å². The molecule has 1 N–H and O–H groups in total. The molecule has 0 aliphatic carbocycles. The van der Waals surface area contributed by atoms with Gasteiger partial charge in [-0.15, -0.1) is 0 Å². The number of rotatable bonds is 3. The second kappa shape index (κ2) is 5.18. The normalized spacial score (nSPS) is 9.74. The summed E-state index contributed by atoms with van der Waals surface area (Å²) in [5, 5.41) is 15.5. The average molecular weight is 257 g/mol. The first-order chi connectivity index (χ1) is 9.17. The molecule has 2 aromatic rings. The molecule has 2 rings (SSSR count). The molecule has 0 aliphatic heterocycles. The maximum absolute atomic E-state index is 12.1. The number of anilines is 1. The van der Waals surface area contributed by atoms with E-state index in [0.29, 0.717) is 22.7 Å². The van der Waals surface area contributed by atoms with Gasteiger partial charge in [0.15, 0.2) is 0 Å². The molecule has 0 radical (unpaired) electrons. The lowest BCUT2D eigenvalue weighted by molar-refractivity contribution is 0.102. The number of carbonyl (C=O) groups is 1. The maximum Gasteiger partial charge on any atom is 0.260 e. The van der Waals surface area contributed by atoms with Crippen molar-refractivity contribution in [2.24, 2.45) is 7.05 Å². The molecule has 2 heterocycles. The maximum atomic E-state index is 12.1. The molecule has 0 fully saturated rings. The van der Waals surface area contributed by atoms with E-state index >= 15 is 0 Å². The van der Waals surface area contributed by atoms with Crippen LogP contribution in [0, 0.1) is 11.3 Å². The summed E-state index contributed by atoms with van der Waals surface area (Å²) in [5.74, 6) is 0.311. The van der Waals surface area contributed by atoms with Crippen molar-refractivity contribution in [3.05, 3.63) is 35.8 Å². The van der Waals surface area contributed by atoms with Crippen molar-refractivity contribution in [2.75, 3.05) is 12.4 Å². The highest BCUT2D eigenvalue weighted by Crippen LogP contribution is 2.19. The smallest absolute Gasteiger partial charge is 0.260 e. The monoisotopic (exact) mass is 257 g/mol. The van der Waals surface area contributed by atoms with Gasteiger partial charge in [0, 0.05) is 13.2 Å². The number of ether oxygens (including phenoxy) is 1. The van der Waals surface area contributed by atoms with E-state index in [4.69, 9.17) is 10.00 Å². The van der Waals surface area contributed by atoms with E-state index in [1.807, 2.05) is 6.07 Å². The number of hydrogen-bond donors (Lipinski definition) is 1. The summed E-state index contributed by atoms with van der Waals surface area (Å²) < 4.78 is 6.48. The predicted molar refractivity (Wildman–Crippen MR) is 66.7 cm³/mol. The molecular formula is C12H11N5O2. The lowest BCUT2D eigenvalue weighted by Gasteiger charge is -2.08. The molecule has 7 heteroatoms. The summed E-state index contributed by atoms with van der Waals surface area (Å²) in [7, 11) is 3.10. The summed E-state index contributed by atoms with van der Waals surface area (Å²) in [5.41, 5.74) is 0.631. The van der Waals surface area contributed by atoms with Gasteiger partial charge in [0.2, 0.25) is 0 Å². The highest BCUT2D eigenvalue weighted by atomic mass is 16.5. The summed E-state index contributed by atoms with van der Waals surface area (Å²) in [6.07, 6.45) is 4.33. The highest BCUT2D eigenvalue weighted by Gasteiger charge is 2.16. The van der Waals surface area contributed by atoms with Crippen LogP contribution in [-0.4, -0.2) is 27.8 Å². The highest BCUT2D eigenvalue weighted by molar-refractivity contribution is 6.06. The minimum absolute atomic E-state index is 0.295. The number of pyridine rings is 1. The van der Waals surface area contributed by atoms with Crippen LogP contribution in [0.2, 0.25) is 0 Å². The number of hydrogen-bond acceptors (Lipinski definition) is 5. The first-order valence-electron chi connectivity index (χ1n) is 5.38. The molecule has 0 bridgehead atoms. The Kier molecular flexibility index (Phi) is 3.43. The molecular weight excluding hydrogens is 246 g/mol. The number of aromatic nitrogens is 3. The average Bonchev–Trinajstić information content (AvgIpc) is 2.79. The number of carbonyl (C=O) groups excluding carboxylic acids is 1. The van der Waals surface area contributed by atoms with E-state index in [9.17, 15) is 4.79 Å². The van der Waals surface area contributed by atoms with E-state index in [1.165, 1.54) is 36.4 Å². The Balaban J connectivity index is 2.31. The third kappa shape index (κ3) is 2.37. The fourth-order valence-electron chi connectivity index (χ4n) is 1.57. The van der Waals surface area contributed by atoms with Gasteiger partial charge < -0.3 is 10.1 Å². The van der Waals surface area contributed by atoms with E-state index in [0.717, 1.165) is 0 Å². The zero-order valence-electron chi connectivity index (χ0n) is 10.4. The summed E-state index contributed by atoms with van der Waals surface area (Å²) in [4.78, 5) is 16.0. The quantitative estimate of drug-likeness (QED) is 0.883. The van der Waals surface area contributed by atoms with Gasteiger partial charge in [-0.05, 0) is 6.07 Å². The number of aryl methyl sites for hydroxylation is 1. The van der Waals surface area contributed by atoms with E-state index in [1.54, 1.807) is 7.05 Å². The van der Waals surface area contributed by atoms with Crippen LogP contribution in [0.4, 0.5) is 5.82 Å². The molecule has 0 saturated carbocycles. The van der Waals surface area contributed by atoms with Gasteiger partial charge in [-0.3, -0.25) is 14.5 Å². The SMILES string of the molecule is COc1cnccc1C(=O)Nc1c(C#N)cnn1C. The fraction of sp³-hybridized carbons (Fsp3) is 0.167. The third-order valence-electron chi connectivity index (χ3n) is 2.54. The number of nitrogens with one attached hydrogen (secondary N) is 1. The van der Waals surface area contributed by atoms with Gasteiger partial charge in [-0.2, -0.15) is 10.4 Å². The largest absolute Gasteiger partial charge is 0.494 e. The fourth-order valence-corrected chi connectivity index (χ4v) is 1.57. The topological polar surface area (TPSA) is 92.8 Å². The van der Waals surface area contributed by atoms with Crippen LogP contribution in [0.15, 0.2) is 24.7 Å². The van der Waals surface area contributed by atoms with Crippen molar-refractivity contribution in [3.63, 3.8) is 0 Å². The van der Waals surface area contributed by atoms with Gasteiger partial charge >= 0.3 is 0 Å². The van der Waals surface area contributed by atoms with Gasteiger partial charge in [0.05, 0.1) is 25.1 Å². The van der Waals surface area contributed by atoms with Crippen molar-refractivity contribution in [1.82, 2.24) is 14.8 Å². The van der Waals surface area contributed by atoms with Crippen molar-refractivity contribution < 1.29 is 9.53 Å². The molecule has 19 heavy (non-hydrogen) atoms. The van der Waals surface area contributed by atoms with Gasteiger partial charge in [0.25, 0.3) is 5.91 Å². The van der Waals surface area contributed by atoms with Crippen LogP contribution in [-0.2, 0) is 7.05 Å². The Morgan fingerprint density at radius 1 is 1.53 bits per heavy atom. The summed E-state index contributed by atoms with van der Waals surface area (Å²) in [6, 6.07) is 3.50. The number of amides is 1. The number of nitrogens with zero attached hydrogens (tertiary/aromatic N) is 4. The minimum Gasteiger partial charge on any atom is -0.494 e. The zero-order chi connectivity index (χ0) is 13.8. The van der Waals surface area contributed by atoms with Crippen LogP contribution in [0.1, 0.15) is 15.9 Å². The van der Waals surface area contributed by atoms with Gasteiger partial charge in [-0.1, -0.05) is 0 Å². The molecule has 0 unspecified atom stereocenters. The second-order valence-corrected chi connectivity index (χ2v) is 3.67. The summed E-state index contributed by atoms with van der Waals surface area (Å²) in [6.45, 7) is 0. The molecule has 0 spiro atoms. The molecule has 2 aromatic heterocycles. The van der Waals surface area contributed by atoms with E-state index in [2.05, 4.69) is 15.4 Å². The first-order valence-corrected chi connectivity index (χ1v) is 5.38. The Morgan fingerprint density at radius 2 is 2.32 bits per heavy atom. The molecule has 1 amide bonds. The van der Waals surface area contributed by atoms with Crippen LogP contribution in [0.25, 0.3) is 0 Å². The van der Waals surface area contributed by atoms with Crippen molar-refractivity contribution in [1.29, 1.82) is 5.26 Å². The van der Waals surface area contributed by atoms with Gasteiger partial charge in [0.1, 0.15) is 23.2 Å². The molecule has 0 aliphatic rings. The molecule has 7 nitrogen and oxygen atoms in total. The van der Waals surface area contributed by atoms with Crippen LogP contribution < -0.4 is 10.1 Å². The second-order valence-electron chi connectivity index (χ2n) is 3.67. The van der Waals surface area contributed by atoms with E-state index < -0.39 is 0 Å². The van der Waals surface area contributed by atoms with Gasteiger partial charge in [-0.25, -0.2) is 0 Å². The number of methoxy groups -OCH3 is 1. The van der Waals surface area contributed by atoms with Crippen LogP contribution >= 0.6 is 0 Å². The predicted octanol–water partition coefficient (Wildman–Crippen LogP) is 0.948. The lowest BCUT2D eigenvalue weighted by Crippen LogP contribution is -2.16. The van der Waals surface area contributed by atoms with Crippen molar-refractivity contribution in [3.8, 4) is 11.8 Å². The first kappa shape index (κ1) is 12.6. The number of nitriles is 1. The Morgan fingerprint density at radius 3 is 3.00 bits per heavy atom. The Hall–Kier alpha value is -2.88. The Bertz CT molecular complexity index is 656. The Labute approximate surface area is 109 Å². The molecule has 0 aromatic carbocycles. The standard InChI is InChI=1S/C12H11N5O2/c1-17-11(8(5-13)6-15-17)16-12(18)9-3-4-14-7-10(9)19-2/h3-4,6-7H,1-2H3,(H,16,18). The van der Waals surface area contributed by atoms with E-state index in [-0.39, 0.29) is 5.91 Å². The lowest BCUT2D eigenvalue weighted by atomic mass is 10.2. The minimum atomic E-state index is -0.389. The van der Waals surface area contributed by atoms with Crippen LogP contribution in [0.5, 0.6) is 5.75 Å². The summed E-state index contributed by atoms with van der Waals surface area (Å²) >= 11 is 0. The zero-order valence-corrected chi connectivity index (χ0v) is 10.4.